The van der Waals surface area contributed by atoms with Crippen molar-refractivity contribution in [3.63, 3.8) is 0 Å². The second-order valence-electron chi connectivity index (χ2n) is 2.66. The zero-order chi connectivity index (χ0) is 10.4. The molecule has 5 heteroatoms. The van der Waals surface area contributed by atoms with Gasteiger partial charge in [-0.25, -0.2) is 4.98 Å². The van der Waals surface area contributed by atoms with Gasteiger partial charge in [0.05, 0.1) is 0 Å². The fourth-order valence-electron chi connectivity index (χ4n) is 0.976. The second-order valence-corrected chi connectivity index (χ2v) is 3.05. The Hall–Kier alpha value is -1.29. The maximum atomic E-state index is 5.66. The Bertz CT molecular complexity index is 307. The van der Waals surface area contributed by atoms with Gasteiger partial charge in [0.25, 0.3) is 0 Å². The number of nitrogens with zero attached hydrogens (tertiary/aromatic N) is 2. The minimum absolute atomic E-state index is 0.506. The van der Waals surface area contributed by atoms with E-state index in [0.29, 0.717) is 11.7 Å². The molecule has 0 aliphatic rings. The number of aliphatic imine (C=N–C) groups is 1. The third-order valence-electron chi connectivity index (χ3n) is 1.71. The molecule has 0 aliphatic carbocycles. The van der Waals surface area contributed by atoms with Crippen molar-refractivity contribution in [3.8, 4) is 0 Å². The Kier molecular flexibility index (Phi) is 4.19. The monoisotopic (exact) mass is 212 g/mol. The fourth-order valence-corrected chi connectivity index (χ4v) is 1.09. The molecule has 0 unspecified atom stereocenters. The molecular formula is C9H13ClN4. The maximum Gasteiger partial charge on any atom is 0.190 e. The quantitative estimate of drug-likeness (QED) is 0.438. The SMILES string of the molecule is CN=C(NC)NCc1ccc(Cl)nc1. The summed E-state index contributed by atoms with van der Waals surface area (Å²) in [6.07, 6.45) is 1.73. The van der Waals surface area contributed by atoms with Gasteiger partial charge in [0.15, 0.2) is 5.96 Å². The van der Waals surface area contributed by atoms with Gasteiger partial charge in [0.2, 0.25) is 0 Å². The molecule has 0 fully saturated rings. The summed E-state index contributed by atoms with van der Waals surface area (Å²) in [5.74, 6) is 0.750. The van der Waals surface area contributed by atoms with E-state index in [1.54, 1.807) is 19.3 Å². The first kappa shape index (κ1) is 10.8. The highest BCUT2D eigenvalue weighted by atomic mass is 35.5. The summed E-state index contributed by atoms with van der Waals surface area (Å²) >= 11 is 5.66. The lowest BCUT2D eigenvalue weighted by Crippen LogP contribution is -2.34. The first-order valence-corrected chi connectivity index (χ1v) is 4.63. The minimum Gasteiger partial charge on any atom is -0.359 e. The molecular weight excluding hydrogens is 200 g/mol. The van der Waals surface area contributed by atoms with Gasteiger partial charge in [-0.05, 0) is 11.6 Å². The first-order valence-electron chi connectivity index (χ1n) is 4.25. The summed E-state index contributed by atoms with van der Waals surface area (Å²) in [6, 6.07) is 3.69. The van der Waals surface area contributed by atoms with Crippen molar-refractivity contribution in [2.45, 2.75) is 6.54 Å². The number of hydrogen-bond donors (Lipinski definition) is 2. The Morgan fingerprint density at radius 1 is 1.57 bits per heavy atom. The minimum atomic E-state index is 0.506. The molecule has 0 saturated carbocycles. The van der Waals surface area contributed by atoms with E-state index >= 15 is 0 Å². The average Bonchev–Trinajstić information content (AvgIpc) is 2.22. The van der Waals surface area contributed by atoms with Gasteiger partial charge in [0.1, 0.15) is 5.15 Å². The van der Waals surface area contributed by atoms with Crippen LogP contribution in [0.15, 0.2) is 23.3 Å². The Labute approximate surface area is 88.4 Å². The van der Waals surface area contributed by atoms with Crippen LogP contribution in [-0.2, 0) is 6.54 Å². The molecule has 1 aromatic heterocycles. The lowest BCUT2D eigenvalue weighted by molar-refractivity contribution is 0.861. The summed E-state index contributed by atoms with van der Waals surface area (Å²) in [6.45, 7) is 0.678. The third-order valence-corrected chi connectivity index (χ3v) is 1.93. The molecule has 0 atom stereocenters. The van der Waals surface area contributed by atoms with Gasteiger partial charge < -0.3 is 10.6 Å². The topological polar surface area (TPSA) is 49.3 Å². The smallest absolute Gasteiger partial charge is 0.190 e. The fraction of sp³-hybridized carbons (Fsp3) is 0.333. The van der Waals surface area contributed by atoms with E-state index in [1.807, 2.05) is 13.1 Å². The number of halogens is 1. The van der Waals surface area contributed by atoms with Crippen LogP contribution in [0.4, 0.5) is 0 Å². The molecule has 0 amide bonds. The van der Waals surface area contributed by atoms with Gasteiger partial charge in [-0.1, -0.05) is 17.7 Å². The van der Waals surface area contributed by atoms with Crippen LogP contribution in [0.5, 0.6) is 0 Å². The molecule has 2 N–H and O–H groups in total. The van der Waals surface area contributed by atoms with Gasteiger partial charge in [-0.3, -0.25) is 4.99 Å². The van der Waals surface area contributed by atoms with E-state index in [-0.39, 0.29) is 0 Å². The number of guanidine groups is 1. The van der Waals surface area contributed by atoms with Crippen molar-refractivity contribution >= 4 is 17.6 Å². The van der Waals surface area contributed by atoms with E-state index in [2.05, 4.69) is 20.6 Å². The molecule has 0 saturated heterocycles. The summed E-state index contributed by atoms with van der Waals surface area (Å²) in [5.41, 5.74) is 1.06. The normalized spacial score (nSPS) is 11.2. The van der Waals surface area contributed by atoms with E-state index in [1.165, 1.54) is 0 Å². The van der Waals surface area contributed by atoms with Gasteiger partial charge in [-0.2, -0.15) is 0 Å². The number of rotatable bonds is 2. The molecule has 4 nitrogen and oxygen atoms in total. The third kappa shape index (κ3) is 3.22. The maximum absolute atomic E-state index is 5.66. The Balaban J connectivity index is 2.49. The van der Waals surface area contributed by atoms with E-state index in [9.17, 15) is 0 Å². The van der Waals surface area contributed by atoms with Crippen LogP contribution in [0.3, 0.4) is 0 Å². The molecule has 0 radical (unpaired) electrons. The molecule has 0 aliphatic heterocycles. The molecule has 14 heavy (non-hydrogen) atoms. The van der Waals surface area contributed by atoms with E-state index < -0.39 is 0 Å². The van der Waals surface area contributed by atoms with Crippen molar-refractivity contribution < 1.29 is 0 Å². The number of hydrogen-bond acceptors (Lipinski definition) is 2. The van der Waals surface area contributed by atoms with Crippen LogP contribution in [0, 0.1) is 0 Å². The van der Waals surface area contributed by atoms with Crippen LogP contribution in [0.25, 0.3) is 0 Å². The molecule has 0 spiro atoms. The number of pyridine rings is 1. The number of aromatic nitrogens is 1. The zero-order valence-corrected chi connectivity index (χ0v) is 8.97. The van der Waals surface area contributed by atoms with Gasteiger partial charge >= 0.3 is 0 Å². The Morgan fingerprint density at radius 2 is 2.36 bits per heavy atom. The van der Waals surface area contributed by atoms with Crippen LogP contribution >= 0.6 is 11.6 Å². The highest BCUT2D eigenvalue weighted by Crippen LogP contribution is 2.04. The predicted octanol–water partition coefficient (Wildman–Crippen LogP) is 1.03. The first-order chi connectivity index (χ1) is 6.76. The lowest BCUT2D eigenvalue weighted by Gasteiger charge is -2.07. The summed E-state index contributed by atoms with van der Waals surface area (Å²) in [4.78, 5) is 7.96. The van der Waals surface area contributed by atoms with Crippen LogP contribution in [0.2, 0.25) is 5.15 Å². The van der Waals surface area contributed by atoms with Crippen LogP contribution < -0.4 is 10.6 Å². The Morgan fingerprint density at radius 3 is 2.86 bits per heavy atom. The second kappa shape index (κ2) is 5.44. The molecule has 0 aromatic carbocycles. The van der Waals surface area contributed by atoms with Crippen LogP contribution in [-0.4, -0.2) is 25.0 Å². The standard InChI is InChI=1S/C9H13ClN4/c1-11-9(12-2)14-6-7-3-4-8(10)13-5-7/h3-5H,6H2,1-2H3,(H2,11,12,14). The molecule has 1 aromatic rings. The highest BCUT2D eigenvalue weighted by Gasteiger charge is 1.95. The van der Waals surface area contributed by atoms with Gasteiger partial charge in [-0.15, -0.1) is 0 Å². The van der Waals surface area contributed by atoms with Crippen molar-refractivity contribution in [1.29, 1.82) is 0 Å². The van der Waals surface area contributed by atoms with E-state index in [4.69, 9.17) is 11.6 Å². The molecule has 76 valence electrons. The molecule has 0 bridgehead atoms. The summed E-state index contributed by atoms with van der Waals surface area (Å²) in [5, 5.41) is 6.54. The van der Waals surface area contributed by atoms with Gasteiger partial charge in [0, 0.05) is 26.8 Å². The largest absolute Gasteiger partial charge is 0.359 e. The molecule has 1 heterocycles. The highest BCUT2D eigenvalue weighted by molar-refractivity contribution is 6.29. The average molecular weight is 213 g/mol. The zero-order valence-electron chi connectivity index (χ0n) is 8.21. The van der Waals surface area contributed by atoms with Crippen molar-refractivity contribution in [3.05, 3.63) is 29.0 Å². The molecule has 1 rings (SSSR count). The van der Waals surface area contributed by atoms with E-state index in [0.717, 1.165) is 11.5 Å². The summed E-state index contributed by atoms with van der Waals surface area (Å²) < 4.78 is 0. The predicted molar refractivity (Wildman–Crippen MR) is 58.5 cm³/mol. The van der Waals surface area contributed by atoms with Crippen molar-refractivity contribution in [2.75, 3.05) is 14.1 Å². The van der Waals surface area contributed by atoms with Crippen molar-refractivity contribution in [2.24, 2.45) is 4.99 Å². The van der Waals surface area contributed by atoms with Crippen molar-refractivity contribution in [1.82, 2.24) is 15.6 Å². The number of nitrogens with one attached hydrogen (secondary N) is 2. The van der Waals surface area contributed by atoms with Crippen LogP contribution in [0.1, 0.15) is 5.56 Å². The lowest BCUT2D eigenvalue weighted by atomic mass is 10.3. The summed E-state index contributed by atoms with van der Waals surface area (Å²) in [7, 11) is 3.54.